The van der Waals surface area contributed by atoms with Crippen molar-refractivity contribution in [3.63, 3.8) is 0 Å². The van der Waals surface area contributed by atoms with Crippen LogP contribution in [0, 0.1) is 5.41 Å². The first kappa shape index (κ1) is 17.4. The third-order valence-corrected chi connectivity index (χ3v) is 8.27. The molecule has 3 amide bonds. The fraction of sp³-hybridized carbons (Fsp3) is 0.619. The van der Waals surface area contributed by atoms with Gasteiger partial charge in [-0.2, -0.15) is 0 Å². The number of fused-ring (bicyclic) bond motifs is 4. The molecule has 5 aliphatic rings. The molecule has 2 N–H and O–H groups in total. The van der Waals surface area contributed by atoms with E-state index in [0.717, 1.165) is 75.0 Å². The summed E-state index contributed by atoms with van der Waals surface area (Å²) in [5.41, 5.74) is 6.17. The van der Waals surface area contributed by atoms with Crippen LogP contribution in [0.3, 0.4) is 0 Å². The van der Waals surface area contributed by atoms with Crippen molar-refractivity contribution in [1.82, 2.24) is 9.80 Å². The first-order valence-electron chi connectivity index (χ1n) is 10.1. The van der Waals surface area contributed by atoms with E-state index >= 15 is 0 Å². The monoisotopic (exact) mass is 387 g/mol. The molecule has 3 saturated carbocycles. The van der Waals surface area contributed by atoms with Crippen LogP contribution >= 0.6 is 11.6 Å². The van der Waals surface area contributed by atoms with E-state index in [4.69, 9.17) is 17.3 Å². The Morgan fingerprint density at radius 3 is 2.37 bits per heavy atom. The Morgan fingerprint density at radius 2 is 1.74 bits per heavy atom. The van der Waals surface area contributed by atoms with Crippen LogP contribution in [0.4, 0.5) is 4.79 Å². The van der Waals surface area contributed by atoms with Gasteiger partial charge in [0.1, 0.15) is 0 Å². The summed E-state index contributed by atoms with van der Waals surface area (Å²) in [7, 11) is 0. The molecule has 144 valence electrons. The third-order valence-electron chi connectivity index (χ3n) is 8.03. The molecule has 0 unspecified atom stereocenters. The number of benzene rings is 1. The van der Waals surface area contributed by atoms with Gasteiger partial charge in [-0.15, -0.1) is 0 Å². The van der Waals surface area contributed by atoms with E-state index in [-0.39, 0.29) is 28.4 Å². The quantitative estimate of drug-likeness (QED) is 0.860. The highest BCUT2D eigenvalue weighted by Crippen LogP contribution is 2.57. The highest BCUT2D eigenvalue weighted by molar-refractivity contribution is 6.30. The van der Waals surface area contributed by atoms with Crippen molar-refractivity contribution in [3.8, 4) is 0 Å². The smallest absolute Gasteiger partial charge is 0.321 e. The van der Waals surface area contributed by atoms with E-state index in [2.05, 4.69) is 15.9 Å². The molecule has 1 atom stereocenters. The van der Waals surface area contributed by atoms with Crippen molar-refractivity contribution in [3.05, 3.63) is 34.9 Å². The highest BCUT2D eigenvalue weighted by Gasteiger charge is 2.61. The van der Waals surface area contributed by atoms with Crippen molar-refractivity contribution in [2.75, 3.05) is 13.1 Å². The minimum atomic E-state index is -0.328. The van der Waals surface area contributed by atoms with Crippen LogP contribution in [-0.4, -0.2) is 40.4 Å². The summed E-state index contributed by atoms with van der Waals surface area (Å²) in [4.78, 5) is 29.7. The van der Waals surface area contributed by atoms with Crippen molar-refractivity contribution in [2.45, 2.75) is 62.4 Å². The van der Waals surface area contributed by atoms with Crippen LogP contribution < -0.4 is 5.73 Å². The van der Waals surface area contributed by atoms with Gasteiger partial charge in [0.05, 0.1) is 12.1 Å². The number of carbonyl (C=O) groups excluding carboxylic acids is 2. The molecule has 2 saturated heterocycles. The van der Waals surface area contributed by atoms with Crippen molar-refractivity contribution in [2.24, 2.45) is 11.1 Å². The van der Waals surface area contributed by atoms with Gasteiger partial charge in [0, 0.05) is 22.5 Å². The lowest BCUT2D eigenvalue weighted by molar-refractivity contribution is -0.137. The average Bonchev–Trinajstić information content (AvgIpc) is 3.23. The lowest BCUT2D eigenvalue weighted by Crippen LogP contribution is -2.60. The number of carbonyl (C=O) groups is 2. The summed E-state index contributed by atoms with van der Waals surface area (Å²) in [6.07, 6.45) is 7.13. The molecule has 6 heteroatoms. The lowest BCUT2D eigenvalue weighted by atomic mass is 9.56. The summed E-state index contributed by atoms with van der Waals surface area (Å²) in [6.45, 7) is 1.54. The zero-order chi connectivity index (χ0) is 18.9. The van der Waals surface area contributed by atoms with E-state index in [0.29, 0.717) is 0 Å². The lowest BCUT2D eigenvalue weighted by Gasteiger charge is -2.55. The molecule has 27 heavy (non-hydrogen) atoms. The summed E-state index contributed by atoms with van der Waals surface area (Å²) in [5, 5.41) is 0.722. The van der Waals surface area contributed by atoms with Crippen LogP contribution in [0.2, 0.25) is 5.02 Å². The zero-order valence-corrected chi connectivity index (χ0v) is 16.3. The normalized spacial score (nSPS) is 37.7. The second kappa shape index (κ2) is 5.63. The number of nitrogens with two attached hydrogens (primary N) is 1. The number of urea groups is 1. The summed E-state index contributed by atoms with van der Waals surface area (Å²) < 4.78 is 0. The van der Waals surface area contributed by atoms with Crippen molar-refractivity contribution >= 4 is 23.5 Å². The van der Waals surface area contributed by atoms with Gasteiger partial charge in [-0.05, 0) is 69.1 Å². The number of rotatable bonds is 3. The molecule has 2 heterocycles. The van der Waals surface area contributed by atoms with Crippen LogP contribution in [0.1, 0.15) is 56.9 Å². The Labute approximate surface area is 164 Å². The molecule has 1 aromatic rings. The molecule has 3 aliphatic carbocycles. The maximum Gasteiger partial charge on any atom is 0.321 e. The van der Waals surface area contributed by atoms with Gasteiger partial charge in [-0.25, -0.2) is 4.79 Å². The van der Waals surface area contributed by atoms with Gasteiger partial charge < -0.3 is 15.5 Å². The second-order valence-corrected chi connectivity index (χ2v) is 9.47. The van der Waals surface area contributed by atoms with E-state index in [1.165, 1.54) is 0 Å². The maximum atomic E-state index is 13.5. The SMILES string of the molecule is NC(=O)C12CCC(N3C[C@]4(c5cccc(Cl)c5)CCCN4C3=O)(CC1)CC2. The van der Waals surface area contributed by atoms with E-state index in [1.54, 1.807) is 0 Å². The van der Waals surface area contributed by atoms with Gasteiger partial charge in [0.25, 0.3) is 0 Å². The van der Waals surface area contributed by atoms with E-state index < -0.39 is 0 Å². The number of nitrogens with zero attached hydrogens (tertiary/aromatic N) is 2. The number of primary amides is 1. The molecule has 6 rings (SSSR count). The largest absolute Gasteiger partial charge is 0.369 e. The van der Waals surface area contributed by atoms with Crippen LogP contribution in [0.25, 0.3) is 0 Å². The maximum absolute atomic E-state index is 13.5. The molecule has 1 aromatic carbocycles. The summed E-state index contributed by atoms with van der Waals surface area (Å²) in [5.74, 6) is -0.153. The fourth-order valence-corrected chi connectivity index (χ4v) is 6.47. The van der Waals surface area contributed by atoms with Crippen molar-refractivity contribution in [1.29, 1.82) is 0 Å². The molecule has 2 bridgehead atoms. The summed E-state index contributed by atoms with van der Waals surface area (Å²) in [6, 6.07) is 8.17. The Balaban J connectivity index is 1.48. The molecule has 2 aliphatic heterocycles. The number of amides is 3. The Kier molecular flexibility index (Phi) is 3.62. The number of hydrogen-bond acceptors (Lipinski definition) is 2. The molecule has 5 fully saturated rings. The topological polar surface area (TPSA) is 66.6 Å². The number of hydrogen-bond donors (Lipinski definition) is 1. The predicted molar refractivity (Wildman–Crippen MR) is 103 cm³/mol. The Morgan fingerprint density at radius 1 is 1.04 bits per heavy atom. The van der Waals surface area contributed by atoms with E-state index in [9.17, 15) is 9.59 Å². The minimum absolute atomic E-state index is 0.107. The van der Waals surface area contributed by atoms with Crippen LogP contribution in [-0.2, 0) is 10.3 Å². The van der Waals surface area contributed by atoms with Crippen LogP contribution in [0.5, 0.6) is 0 Å². The first-order chi connectivity index (χ1) is 12.9. The van der Waals surface area contributed by atoms with E-state index in [1.807, 2.05) is 18.2 Å². The number of halogens is 1. The first-order valence-corrected chi connectivity index (χ1v) is 10.4. The summed E-state index contributed by atoms with van der Waals surface area (Å²) >= 11 is 6.28. The molecular weight excluding hydrogens is 362 g/mol. The fourth-order valence-electron chi connectivity index (χ4n) is 6.28. The van der Waals surface area contributed by atoms with Gasteiger partial charge in [0.2, 0.25) is 5.91 Å². The van der Waals surface area contributed by atoms with Gasteiger partial charge in [-0.3, -0.25) is 4.79 Å². The molecule has 0 radical (unpaired) electrons. The predicted octanol–water partition coefficient (Wildman–Crippen LogP) is 3.65. The second-order valence-electron chi connectivity index (χ2n) is 9.03. The standard InChI is InChI=1S/C21H26ClN3O2/c22-16-4-1-3-15(13-16)21-5-2-12-24(21)18(27)25(14-21)20-9-6-19(7-10-20,8-11-20)17(23)26/h1,3-4,13H,2,5-12,14H2,(H2,23,26)/t19?,20?,21-/m0/s1. The highest BCUT2D eigenvalue weighted by atomic mass is 35.5. The molecule has 0 aromatic heterocycles. The zero-order valence-electron chi connectivity index (χ0n) is 15.5. The molecule has 0 spiro atoms. The average molecular weight is 388 g/mol. The van der Waals surface area contributed by atoms with Gasteiger partial charge in [0.15, 0.2) is 0 Å². The van der Waals surface area contributed by atoms with Crippen molar-refractivity contribution < 1.29 is 9.59 Å². The van der Waals surface area contributed by atoms with Gasteiger partial charge >= 0.3 is 6.03 Å². The van der Waals surface area contributed by atoms with Gasteiger partial charge in [-0.1, -0.05) is 23.7 Å². The Hall–Kier alpha value is -1.75. The third kappa shape index (κ3) is 2.24. The minimum Gasteiger partial charge on any atom is -0.369 e. The Bertz CT molecular complexity index is 801. The molecular formula is C21H26ClN3O2. The van der Waals surface area contributed by atoms with Crippen LogP contribution in [0.15, 0.2) is 24.3 Å². The molecule has 5 nitrogen and oxygen atoms in total.